The number of carboxylic acid groups (broad SMARTS) is 1. The van der Waals surface area contributed by atoms with E-state index < -0.39 is 0 Å². The van der Waals surface area contributed by atoms with Crippen molar-refractivity contribution < 1.29 is 40.9 Å². The Balaban J connectivity index is -0.0000000200. The van der Waals surface area contributed by atoms with Crippen LogP contribution in [0.1, 0.15) is 1.43 Å². The third-order valence-corrected chi connectivity index (χ3v) is 0. The maximum Gasteiger partial charge on any atom is 1.00 e. The van der Waals surface area contributed by atoms with Gasteiger partial charge in [0.2, 0.25) is 0 Å². The molecule has 0 aromatic carbocycles. The molecule has 0 atom stereocenters. The van der Waals surface area contributed by atoms with Crippen molar-refractivity contribution in [3.63, 3.8) is 0 Å². The minimum atomic E-state index is -0.250. The molecular weight excluding hydrogens is 67.0 g/mol. The summed E-state index contributed by atoms with van der Waals surface area (Å²) in [5.41, 5.74) is 0. The van der Waals surface area contributed by atoms with E-state index in [1.165, 1.54) is 0 Å². The van der Waals surface area contributed by atoms with Crippen LogP contribution in [-0.4, -0.2) is 11.6 Å². The first-order chi connectivity index (χ1) is 1.41. The maximum atomic E-state index is 8.36. The summed E-state index contributed by atoms with van der Waals surface area (Å²) in [5, 5.41) is 6.89. The molecule has 0 unspecified atom stereocenters. The molecule has 0 rings (SSSR count). The number of hydrogen-bond donors (Lipinski definition) is 1. The van der Waals surface area contributed by atoms with Crippen LogP contribution >= 0.6 is 0 Å². The van der Waals surface area contributed by atoms with Crippen molar-refractivity contribution in [1.82, 2.24) is 0 Å². The van der Waals surface area contributed by atoms with Gasteiger partial charge >= 0.3 is 29.6 Å². The van der Waals surface area contributed by atoms with Gasteiger partial charge in [0.05, 0.1) is 0 Å². The van der Waals surface area contributed by atoms with Gasteiger partial charge in [0.1, 0.15) is 0 Å². The zero-order chi connectivity index (χ0) is 2.71. The van der Waals surface area contributed by atoms with E-state index in [1.54, 1.807) is 0 Å². The minimum absolute atomic E-state index is 0. The summed E-state index contributed by atoms with van der Waals surface area (Å²) in [6.07, 6.45) is 0. The molecule has 4 heavy (non-hydrogen) atoms. The van der Waals surface area contributed by atoms with E-state index in [4.69, 9.17) is 9.90 Å². The summed E-state index contributed by atoms with van der Waals surface area (Å²) in [5.74, 6) is 0. The standard InChI is InChI=1S/CH2O2.Na.H/c2-1-3;;/h1H,(H,2,3);;/q;+1;-1. The normalized spacial score (nSPS) is 3.00. The fourth-order valence-electron chi connectivity index (χ4n) is 0. The first-order valence-electron chi connectivity index (χ1n) is 0.494. The molecule has 0 amide bonds. The first kappa shape index (κ1) is 8.82. The van der Waals surface area contributed by atoms with E-state index in [0.29, 0.717) is 0 Å². The molecule has 0 fully saturated rings. The SMILES string of the molecule is O=CO.[H-].[Na+]. The fraction of sp³-hybridized carbons (Fsp3) is 0. The van der Waals surface area contributed by atoms with E-state index in [1.807, 2.05) is 0 Å². The van der Waals surface area contributed by atoms with Gasteiger partial charge in [-0.2, -0.15) is 0 Å². The van der Waals surface area contributed by atoms with Crippen LogP contribution in [0.5, 0.6) is 0 Å². The van der Waals surface area contributed by atoms with E-state index in [0.717, 1.165) is 0 Å². The molecule has 0 bridgehead atoms. The zero-order valence-corrected chi connectivity index (χ0v) is 4.43. The molecule has 0 aromatic heterocycles. The summed E-state index contributed by atoms with van der Waals surface area (Å²) in [6, 6.07) is 0. The molecule has 2 nitrogen and oxygen atoms in total. The Morgan fingerprint density at radius 2 is 2.00 bits per heavy atom. The molecule has 0 aliphatic heterocycles. The average molecular weight is 70.0 g/mol. The predicted octanol–water partition coefficient (Wildman–Crippen LogP) is -3.18. The molecule has 0 spiro atoms. The summed E-state index contributed by atoms with van der Waals surface area (Å²) in [6.45, 7) is -0.250. The van der Waals surface area contributed by atoms with Crippen molar-refractivity contribution in [2.24, 2.45) is 0 Å². The third kappa shape index (κ3) is 24.2. The number of carbonyl (C=O) groups is 1. The smallest absolute Gasteiger partial charge is 1.00 e. The van der Waals surface area contributed by atoms with E-state index in [2.05, 4.69) is 0 Å². The second-order valence-corrected chi connectivity index (χ2v) is 0.105. The second-order valence-electron chi connectivity index (χ2n) is 0.105. The van der Waals surface area contributed by atoms with Crippen molar-refractivity contribution in [2.75, 3.05) is 0 Å². The minimum Gasteiger partial charge on any atom is -1.00 e. The van der Waals surface area contributed by atoms with Gasteiger partial charge in [0.25, 0.3) is 6.47 Å². The van der Waals surface area contributed by atoms with Crippen LogP contribution in [-0.2, 0) is 4.79 Å². The molecule has 0 saturated heterocycles. The van der Waals surface area contributed by atoms with Crippen LogP contribution < -0.4 is 29.6 Å². The average Bonchev–Trinajstić information content (AvgIpc) is 0.918. The van der Waals surface area contributed by atoms with Crippen molar-refractivity contribution in [3.05, 3.63) is 0 Å². The van der Waals surface area contributed by atoms with Gasteiger partial charge in [0.15, 0.2) is 0 Å². The van der Waals surface area contributed by atoms with Crippen LogP contribution in [0.15, 0.2) is 0 Å². The Bertz CT molecular complexity index is 17.1. The largest absolute Gasteiger partial charge is 1.00 e. The van der Waals surface area contributed by atoms with Crippen LogP contribution in [0.25, 0.3) is 0 Å². The van der Waals surface area contributed by atoms with Gasteiger partial charge in [-0.3, -0.25) is 4.79 Å². The quantitative estimate of drug-likeness (QED) is 0.241. The summed E-state index contributed by atoms with van der Waals surface area (Å²) in [7, 11) is 0. The van der Waals surface area contributed by atoms with Crippen molar-refractivity contribution >= 4 is 6.47 Å². The van der Waals surface area contributed by atoms with Crippen LogP contribution in [0, 0.1) is 0 Å². The van der Waals surface area contributed by atoms with Gasteiger partial charge in [-0.25, -0.2) is 0 Å². The Hall–Kier alpha value is 0.470. The molecule has 3 heteroatoms. The summed E-state index contributed by atoms with van der Waals surface area (Å²) >= 11 is 0. The van der Waals surface area contributed by atoms with E-state index in [-0.39, 0.29) is 37.5 Å². The van der Waals surface area contributed by atoms with Crippen molar-refractivity contribution in [2.45, 2.75) is 0 Å². The Morgan fingerprint density at radius 1 is 2.00 bits per heavy atom. The molecule has 1 N–H and O–H groups in total. The fourth-order valence-corrected chi connectivity index (χ4v) is 0. The first-order valence-corrected chi connectivity index (χ1v) is 0.494. The third-order valence-electron chi connectivity index (χ3n) is 0. The van der Waals surface area contributed by atoms with Gasteiger partial charge < -0.3 is 6.53 Å². The van der Waals surface area contributed by atoms with Gasteiger partial charge in [-0.1, -0.05) is 0 Å². The molecule has 0 saturated carbocycles. The molecule has 0 radical (unpaired) electrons. The number of rotatable bonds is 0. The van der Waals surface area contributed by atoms with Gasteiger partial charge in [-0.05, 0) is 0 Å². The summed E-state index contributed by atoms with van der Waals surface area (Å²) in [4.78, 5) is 8.36. The van der Waals surface area contributed by atoms with E-state index >= 15 is 0 Å². The van der Waals surface area contributed by atoms with Crippen LogP contribution in [0.2, 0.25) is 0 Å². The van der Waals surface area contributed by atoms with Crippen LogP contribution in [0.3, 0.4) is 0 Å². The summed E-state index contributed by atoms with van der Waals surface area (Å²) < 4.78 is 0. The zero-order valence-electron chi connectivity index (χ0n) is 3.43. The van der Waals surface area contributed by atoms with Crippen molar-refractivity contribution in [3.8, 4) is 0 Å². The Labute approximate surface area is 47.6 Å². The van der Waals surface area contributed by atoms with Crippen LogP contribution in [0.4, 0.5) is 0 Å². The molecule has 0 heterocycles. The molecule has 20 valence electrons. The Morgan fingerprint density at radius 3 is 2.00 bits per heavy atom. The van der Waals surface area contributed by atoms with Gasteiger partial charge in [-0.15, -0.1) is 0 Å². The van der Waals surface area contributed by atoms with E-state index in [9.17, 15) is 0 Å². The number of hydrogen-bond acceptors (Lipinski definition) is 1. The predicted molar refractivity (Wildman–Crippen MR) is 9.80 cm³/mol. The molecular formula is CH3NaO2. The van der Waals surface area contributed by atoms with Gasteiger partial charge in [0, 0.05) is 0 Å². The monoisotopic (exact) mass is 70.0 g/mol. The topological polar surface area (TPSA) is 37.3 Å². The molecule has 0 aliphatic carbocycles. The molecule has 0 aliphatic rings. The van der Waals surface area contributed by atoms with Crippen molar-refractivity contribution in [1.29, 1.82) is 0 Å². The second kappa shape index (κ2) is 9.80. The maximum absolute atomic E-state index is 8.36. The molecule has 0 aromatic rings. The Kier molecular flexibility index (Phi) is 21.6.